The Kier molecular flexibility index (Phi) is 8.35. The van der Waals surface area contributed by atoms with Crippen LogP contribution in [0.4, 0.5) is 4.79 Å². The minimum Gasteiger partial charge on any atom is -0.480 e. The van der Waals surface area contributed by atoms with E-state index in [1.165, 1.54) is 4.90 Å². The van der Waals surface area contributed by atoms with Crippen LogP contribution in [-0.4, -0.2) is 53.6 Å². The lowest BCUT2D eigenvalue weighted by molar-refractivity contribution is -0.140. The van der Waals surface area contributed by atoms with Crippen LogP contribution in [0.3, 0.4) is 0 Å². The Morgan fingerprint density at radius 2 is 1.80 bits per heavy atom. The van der Waals surface area contributed by atoms with Crippen LogP contribution in [0.25, 0.3) is 0 Å². The van der Waals surface area contributed by atoms with Crippen molar-refractivity contribution in [2.75, 3.05) is 19.6 Å². The number of nitrogens with one attached hydrogen (secondary N) is 2. The van der Waals surface area contributed by atoms with Crippen LogP contribution >= 0.6 is 0 Å². The van der Waals surface area contributed by atoms with Gasteiger partial charge < -0.3 is 20.6 Å². The minimum atomic E-state index is -1.07. The molecule has 2 atom stereocenters. The molecular formula is C13H25N3O4. The third-order valence-corrected chi connectivity index (χ3v) is 3.14. The number of amides is 3. The molecular weight excluding hydrogens is 262 g/mol. The molecule has 1 unspecified atom stereocenters. The number of urea groups is 1. The van der Waals surface area contributed by atoms with Gasteiger partial charge in [0.25, 0.3) is 0 Å². The van der Waals surface area contributed by atoms with Crippen molar-refractivity contribution >= 4 is 17.9 Å². The Morgan fingerprint density at radius 3 is 2.20 bits per heavy atom. The van der Waals surface area contributed by atoms with Crippen molar-refractivity contribution in [1.29, 1.82) is 0 Å². The number of hydrogen-bond donors (Lipinski definition) is 3. The average Bonchev–Trinajstić information content (AvgIpc) is 2.40. The zero-order chi connectivity index (χ0) is 15.7. The van der Waals surface area contributed by atoms with Gasteiger partial charge in [0.05, 0.1) is 0 Å². The maximum atomic E-state index is 12.0. The van der Waals surface area contributed by atoms with E-state index < -0.39 is 18.0 Å². The van der Waals surface area contributed by atoms with E-state index in [2.05, 4.69) is 10.6 Å². The number of carbonyl (C=O) groups excluding carboxylic acids is 2. The van der Waals surface area contributed by atoms with Gasteiger partial charge in [-0.15, -0.1) is 0 Å². The highest BCUT2D eigenvalue weighted by molar-refractivity contribution is 5.86. The van der Waals surface area contributed by atoms with Crippen molar-refractivity contribution in [2.45, 2.75) is 40.2 Å². The summed E-state index contributed by atoms with van der Waals surface area (Å²) in [5.41, 5.74) is 0. The smallest absolute Gasteiger partial charge is 0.326 e. The van der Waals surface area contributed by atoms with Crippen LogP contribution in [0.1, 0.15) is 34.1 Å². The van der Waals surface area contributed by atoms with Gasteiger partial charge >= 0.3 is 12.0 Å². The first-order valence-electron chi connectivity index (χ1n) is 6.92. The van der Waals surface area contributed by atoms with Crippen LogP contribution < -0.4 is 10.6 Å². The van der Waals surface area contributed by atoms with Crippen molar-refractivity contribution < 1.29 is 19.5 Å². The van der Waals surface area contributed by atoms with Gasteiger partial charge in [0.15, 0.2) is 0 Å². The van der Waals surface area contributed by atoms with Gasteiger partial charge in [-0.05, 0) is 19.8 Å². The Balaban J connectivity index is 4.67. The number of carbonyl (C=O) groups is 3. The highest BCUT2D eigenvalue weighted by Crippen LogP contribution is 2.08. The Bertz CT molecular complexity index is 347. The van der Waals surface area contributed by atoms with Gasteiger partial charge in [-0.3, -0.25) is 4.79 Å². The lowest BCUT2D eigenvalue weighted by Gasteiger charge is -2.25. The molecule has 7 heteroatoms. The number of nitrogens with zero attached hydrogens (tertiary/aromatic N) is 1. The first kappa shape index (κ1) is 18.2. The highest BCUT2D eigenvalue weighted by atomic mass is 16.4. The molecule has 3 amide bonds. The summed E-state index contributed by atoms with van der Waals surface area (Å²) in [5, 5.41) is 14.2. The zero-order valence-electron chi connectivity index (χ0n) is 12.6. The lowest BCUT2D eigenvalue weighted by Crippen LogP contribution is -2.52. The summed E-state index contributed by atoms with van der Waals surface area (Å²) in [6.45, 7) is 7.88. The molecule has 0 rings (SSSR count). The van der Waals surface area contributed by atoms with E-state index in [0.29, 0.717) is 19.5 Å². The summed E-state index contributed by atoms with van der Waals surface area (Å²) >= 11 is 0. The molecule has 0 aromatic heterocycles. The number of rotatable bonds is 8. The fraction of sp³-hybridized carbons (Fsp3) is 0.769. The summed E-state index contributed by atoms with van der Waals surface area (Å²) in [6.07, 6.45) is 0.639. The zero-order valence-corrected chi connectivity index (χ0v) is 12.6. The maximum Gasteiger partial charge on any atom is 0.326 e. The first-order chi connectivity index (χ1) is 9.37. The van der Waals surface area contributed by atoms with Gasteiger partial charge in [0.2, 0.25) is 5.91 Å². The van der Waals surface area contributed by atoms with Gasteiger partial charge in [-0.25, -0.2) is 9.59 Å². The van der Waals surface area contributed by atoms with Crippen molar-refractivity contribution in [3.05, 3.63) is 0 Å². The lowest BCUT2D eigenvalue weighted by atomic mass is 9.99. The van der Waals surface area contributed by atoms with Gasteiger partial charge in [0.1, 0.15) is 12.6 Å². The Hall–Kier alpha value is -1.79. The molecule has 0 aromatic carbocycles. The van der Waals surface area contributed by atoms with Gasteiger partial charge in [0, 0.05) is 13.1 Å². The Labute approximate surface area is 119 Å². The van der Waals surface area contributed by atoms with Crippen LogP contribution in [-0.2, 0) is 9.59 Å². The molecule has 0 aliphatic rings. The largest absolute Gasteiger partial charge is 0.480 e. The first-order valence-corrected chi connectivity index (χ1v) is 6.92. The summed E-state index contributed by atoms with van der Waals surface area (Å²) in [6, 6.07) is -1.48. The average molecular weight is 287 g/mol. The molecule has 0 bridgehead atoms. The SMILES string of the molecule is CCNC(=O)CN(CC)C(=O)N[C@H](C(=O)O)C(C)CC. The van der Waals surface area contributed by atoms with Gasteiger partial charge in [-0.1, -0.05) is 20.3 Å². The molecule has 20 heavy (non-hydrogen) atoms. The molecule has 0 aliphatic heterocycles. The maximum absolute atomic E-state index is 12.0. The molecule has 0 radical (unpaired) electrons. The van der Waals surface area contributed by atoms with E-state index in [1.54, 1.807) is 20.8 Å². The molecule has 0 saturated heterocycles. The van der Waals surface area contributed by atoms with E-state index in [4.69, 9.17) is 5.11 Å². The molecule has 0 spiro atoms. The van der Waals surface area contributed by atoms with Crippen molar-refractivity contribution in [3.63, 3.8) is 0 Å². The van der Waals surface area contributed by atoms with Crippen LogP contribution in [0.2, 0.25) is 0 Å². The molecule has 116 valence electrons. The molecule has 3 N–H and O–H groups in total. The predicted molar refractivity (Wildman–Crippen MR) is 75.3 cm³/mol. The fourth-order valence-corrected chi connectivity index (χ4v) is 1.66. The van der Waals surface area contributed by atoms with Crippen molar-refractivity contribution in [1.82, 2.24) is 15.5 Å². The van der Waals surface area contributed by atoms with E-state index in [1.807, 2.05) is 6.92 Å². The normalized spacial score (nSPS) is 13.2. The molecule has 0 aliphatic carbocycles. The second kappa shape index (κ2) is 9.17. The summed E-state index contributed by atoms with van der Waals surface area (Å²) in [5.74, 6) is -1.51. The molecule has 7 nitrogen and oxygen atoms in total. The number of carboxylic acids is 1. The van der Waals surface area contributed by atoms with Crippen LogP contribution in [0, 0.1) is 5.92 Å². The summed E-state index contributed by atoms with van der Waals surface area (Å²) < 4.78 is 0. The quantitative estimate of drug-likeness (QED) is 0.610. The summed E-state index contributed by atoms with van der Waals surface area (Å²) in [7, 11) is 0. The highest BCUT2D eigenvalue weighted by Gasteiger charge is 2.27. The fourth-order valence-electron chi connectivity index (χ4n) is 1.66. The number of hydrogen-bond acceptors (Lipinski definition) is 3. The van der Waals surface area contributed by atoms with E-state index in [0.717, 1.165) is 0 Å². The monoisotopic (exact) mass is 287 g/mol. The number of aliphatic carboxylic acids is 1. The second-order valence-corrected chi connectivity index (χ2v) is 4.62. The minimum absolute atomic E-state index is 0.0803. The molecule has 0 fully saturated rings. The molecule has 0 heterocycles. The van der Waals surface area contributed by atoms with E-state index in [9.17, 15) is 14.4 Å². The molecule has 0 aromatic rings. The topological polar surface area (TPSA) is 98.7 Å². The summed E-state index contributed by atoms with van der Waals surface area (Å²) in [4.78, 5) is 35.9. The van der Waals surface area contributed by atoms with Gasteiger partial charge in [-0.2, -0.15) is 0 Å². The van der Waals surface area contributed by atoms with E-state index >= 15 is 0 Å². The van der Waals surface area contributed by atoms with Crippen LogP contribution in [0.5, 0.6) is 0 Å². The molecule has 0 saturated carbocycles. The number of carboxylic acid groups (broad SMARTS) is 1. The second-order valence-electron chi connectivity index (χ2n) is 4.62. The third-order valence-electron chi connectivity index (χ3n) is 3.14. The predicted octanol–water partition coefficient (Wildman–Crippen LogP) is 0.653. The van der Waals surface area contributed by atoms with Crippen molar-refractivity contribution in [3.8, 4) is 0 Å². The van der Waals surface area contributed by atoms with E-state index in [-0.39, 0.29) is 18.4 Å². The van der Waals surface area contributed by atoms with Crippen LogP contribution in [0.15, 0.2) is 0 Å². The Morgan fingerprint density at radius 1 is 1.20 bits per heavy atom. The number of likely N-dealkylation sites (N-methyl/N-ethyl adjacent to an activating group) is 2. The van der Waals surface area contributed by atoms with Crippen molar-refractivity contribution in [2.24, 2.45) is 5.92 Å². The standard InChI is InChI=1S/C13H25N3O4/c1-5-9(4)11(12(18)19)15-13(20)16(7-3)8-10(17)14-6-2/h9,11H,5-8H2,1-4H3,(H,14,17)(H,15,20)(H,18,19)/t9?,11-/m0/s1. The third kappa shape index (κ3) is 5.90.